The van der Waals surface area contributed by atoms with Crippen LogP contribution in [0.4, 0.5) is 5.69 Å². The zero-order valence-electron chi connectivity index (χ0n) is 11.8. The zero-order chi connectivity index (χ0) is 17.0. The van der Waals surface area contributed by atoms with E-state index in [-0.39, 0.29) is 16.3 Å². The van der Waals surface area contributed by atoms with Crippen molar-refractivity contribution in [3.8, 4) is 5.75 Å². The Balaban J connectivity index is 3.31. The number of aliphatic hydroxyl groups excluding tert-OH is 3. The molecule has 0 spiro atoms. The fraction of sp³-hybridized carbons (Fsp3) is 0.500. The topological polar surface area (TPSA) is 147 Å². The molecule has 0 unspecified atom stereocenters. The molecule has 1 rings (SSSR count). The summed E-state index contributed by atoms with van der Waals surface area (Å²) in [4.78, 5) is 9.68. The smallest absolute Gasteiger partial charge is 0.273 e. The Labute approximate surface area is 126 Å². The third-order valence-electron chi connectivity index (χ3n) is 3.20. The van der Waals surface area contributed by atoms with Gasteiger partial charge in [0.2, 0.25) is 0 Å². The van der Waals surface area contributed by atoms with Crippen molar-refractivity contribution < 1.29 is 33.4 Å². The molecule has 3 N–H and O–H groups in total. The third-order valence-corrected chi connectivity index (χ3v) is 5.20. The van der Waals surface area contributed by atoms with Gasteiger partial charge < -0.3 is 20.1 Å². The molecule has 0 aliphatic rings. The maximum Gasteiger partial charge on any atom is 0.273 e. The van der Waals surface area contributed by atoms with E-state index in [2.05, 4.69) is 0 Å². The van der Waals surface area contributed by atoms with Crippen molar-refractivity contribution in [2.24, 2.45) is 5.41 Å². The van der Waals surface area contributed by atoms with E-state index in [1.165, 1.54) is 0 Å². The highest BCUT2D eigenvalue weighted by molar-refractivity contribution is 7.91. The van der Waals surface area contributed by atoms with Crippen LogP contribution in [0.25, 0.3) is 0 Å². The van der Waals surface area contributed by atoms with Crippen LogP contribution in [0, 0.1) is 15.5 Å². The van der Waals surface area contributed by atoms with E-state index < -0.39 is 45.7 Å². The number of hydrogen-bond acceptors (Lipinski definition) is 8. The van der Waals surface area contributed by atoms with Gasteiger partial charge >= 0.3 is 0 Å². The molecule has 0 bridgehead atoms. The van der Waals surface area contributed by atoms with Gasteiger partial charge in [-0.15, -0.1) is 0 Å². The van der Waals surface area contributed by atoms with Gasteiger partial charge in [-0.05, 0) is 6.07 Å². The molecule has 0 saturated carbocycles. The van der Waals surface area contributed by atoms with Crippen molar-refractivity contribution in [3.05, 3.63) is 28.3 Å². The fourth-order valence-electron chi connectivity index (χ4n) is 1.79. The minimum absolute atomic E-state index is 0.225. The summed E-state index contributed by atoms with van der Waals surface area (Å²) in [5.41, 5.74) is -1.96. The van der Waals surface area contributed by atoms with Crippen molar-refractivity contribution in [1.82, 2.24) is 0 Å². The van der Waals surface area contributed by atoms with Crippen molar-refractivity contribution >= 4 is 15.5 Å². The van der Waals surface area contributed by atoms with Gasteiger partial charge in [-0.2, -0.15) is 0 Å². The lowest BCUT2D eigenvalue weighted by molar-refractivity contribution is -0.385. The van der Waals surface area contributed by atoms with Gasteiger partial charge in [0.15, 0.2) is 9.84 Å². The van der Waals surface area contributed by atoms with Crippen LogP contribution in [-0.4, -0.2) is 61.3 Å². The van der Waals surface area contributed by atoms with Gasteiger partial charge in [-0.1, -0.05) is 0 Å². The lowest BCUT2D eigenvalue weighted by atomic mass is 9.94. The van der Waals surface area contributed by atoms with Crippen LogP contribution in [0.1, 0.15) is 0 Å². The van der Waals surface area contributed by atoms with Gasteiger partial charge in [0.05, 0.1) is 49.1 Å². The average molecular weight is 335 g/mol. The van der Waals surface area contributed by atoms with Crippen LogP contribution >= 0.6 is 0 Å². The number of hydrogen-bond donors (Lipinski definition) is 3. The Bertz CT molecular complexity index is 630. The number of rotatable bonds is 8. The number of nitrogens with zero attached hydrogens (tertiary/aromatic N) is 1. The summed E-state index contributed by atoms with van der Waals surface area (Å²) in [5, 5.41) is 38.4. The first kappa shape index (κ1) is 18.3. The van der Waals surface area contributed by atoms with E-state index in [1.807, 2.05) is 0 Å². The Morgan fingerprint density at radius 2 is 1.77 bits per heavy atom. The Hall–Kier alpha value is -1.75. The molecule has 22 heavy (non-hydrogen) atoms. The summed E-state index contributed by atoms with van der Waals surface area (Å²) in [6, 6.07) is 2.99. The number of aliphatic hydroxyl groups is 3. The van der Waals surface area contributed by atoms with Crippen LogP contribution < -0.4 is 4.74 Å². The first-order valence-corrected chi connectivity index (χ1v) is 7.78. The van der Waals surface area contributed by atoms with E-state index in [1.54, 1.807) is 0 Å². The summed E-state index contributed by atoms with van der Waals surface area (Å²) in [6.07, 6.45) is 0. The number of benzene rings is 1. The van der Waals surface area contributed by atoms with Gasteiger partial charge in [0.1, 0.15) is 10.6 Å². The minimum Gasteiger partial charge on any atom is -0.495 e. The predicted molar refractivity (Wildman–Crippen MR) is 75.4 cm³/mol. The number of ether oxygens (including phenoxy) is 1. The maximum absolute atomic E-state index is 12.4. The number of methoxy groups -OCH3 is 1. The second-order valence-electron chi connectivity index (χ2n) is 4.83. The highest BCUT2D eigenvalue weighted by Crippen LogP contribution is 2.32. The molecule has 9 nitrogen and oxygen atoms in total. The molecule has 124 valence electrons. The van der Waals surface area contributed by atoms with Crippen LogP contribution in [0.15, 0.2) is 23.1 Å². The quantitative estimate of drug-likeness (QED) is 0.419. The molecular weight excluding hydrogens is 318 g/mol. The molecular formula is C12H17NO8S. The maximum atomic E-state index is 12.4. The fourth-order valence-corrected chi connectivity index (χ4v) is 3.75. The molecule has 0 aliphatic heterocycles. The standard InChI is InChI=1S/C12H17NO8S/c1-21-10-4-9(13(17)18)2-3-11(10)22(19,20)8-12(5-14,6-15)7-16/h2-4,14-16H,5-8H2,1H3. The van der Waals surface area contributed by atoms with Gasteiger partial charge in [0, 0.05) is 6.07 Å². The lowest BCUT2D eigenvalue weighted by Gasteiger charge is -2.27. The molecule has 0 radical (unpaired) electrons. The summed E-state index contributed by atoms with van der Waals surface area (Å²) < 4.78 is 29.7. The molecule has 0 heterocycles. The number of nitro groups is 1. The van der Waals surface area contributed by atoms with Crippen LogP contribution in [-0.2, 0) is 9.84 Å². The van der Waals surface area contributed by atoms with E-state index in [4.69, 9.17) is 4.74 Å². The monoisotopic (exact) mass is 335 g/mol. The molecule has 0 aliphatic carbocycles. The highest BCUT2D eigenvalue weighted by atomic mass is 32.2. The molecule has 0 saturated heterocycles. The summed E-state index contributed by atoms with van der Waals surface area (Å²) in [5.74, 6) is -0.963. The molecule has 10 heteroatoms. The van der Waals surface area contributed by atoms with Gasteiger partial charge in [-0.3, -0.25) is 10.1 Å². The zero-order valence-corrected chi connectivity index (χ0v) is 12.6. The summed E-state index contributed by atoms with van der Waals surface area (Å²) in [7, 11) is -2.90. The van der Waals surface area contributed by atoms with Crippen LogP contribution in [0.5, 0.6) is 5.75 Å². The third kappa shape index (κ3) is 3.71. The van der Waals surface area contributed by atoms with E-state index >= 15 is 0 Å². The second-order valence-corrected chi connectivity index (χ2v) is 6.78. The van der Waals surface area contributed by atoms with Crippen molar-refractivity contribution in [2.75, 3.05) is 32.7 Å². The summed E-state index contributed by atoms with van der Waals surface area (Å²) in [6.45, 7) is -2.22. The molecule has 1 aromatic rings. The van der Waals surface area contributed by atoms with Crippen LogP contribution in [0.2, 0.25) is 0 Å². The number of nitro benzene ring substituents is 1. The molecule has 0 amide bonds. The van der Waals surface area contributed by atoms with Crippen LogP contribution in [0.3, 0.4) is 0 Å². The Morgan fingerprint density at radius 3 is 2.18 bits per heavy atom. The first-order valence-electron chi connectivity index (χ1n) is 6.13. The molecule has 1 aromatic carbocycles. The van der Waals surface area contributed by atoms with E-state index in [0.717, 1.165) is 25.3 Å². The molecule has 0 aromatic heterocycles. The predicted octanol–water partition coefficient (Wildman–Crippen LogP) is -0.660. The van der Waals surface area contributed by atoms with Crippen molar-refractivity contribution in [1.29, 1.82) is 0 Å². The lowest BCUT2D eigenvalue weighted by Crippen LogP contribution is -2.40. The highest BCUT2D eigenvalue weighted by Gasteiger charge is 2.36. The first-order chi connectivity index (χ1) is 10.2. The minimum atomic E-state index is -4.07. The molecule has 0 atom stereocenters. The van der Waals surface area contributed by atoms with Gasteiger partial charge in [0.25, 0.3) is 5.69 Å². The average Bonchev–Trinajstić information content (AvgIpc) is 2.52. The second kappa shape index (κ2) is 7.01. The van der Waals surface area contributed by atoms with E-state index in [9.17, 15) is 33.9 Å². The molecule has 0 fully saturated rings. The van der Waals surface area contributed by atoms with Crippen molar-refractivity contribution in [3.63, 3.8) is 0 Å². The van der Waals surface area contributed by atoms with Crippen molar-refractivity contribution in [2.45, 2.75) is 4.90 Å². The van der Waals surface area contributed by atoms with Gasteiger partial charge in [-0.25, -0.2) is 8.42 Å². The SMILES string of the molecule is COc1cc([N+](=O)[O-])ccc1S(=O)(=O)CC(CO)(CO)CO. The number of sulfone groups is 1. The van der Waals surface area contributed by atoms with E-state index in [0.29, 0.717) is 0 Å². The normalized spacial score (nSPS) is 12.2. The largest absolute Gasteiger partial charge is 0.495 e. The summed E-state index contributed by atoms with van der Waals surface area (Å²) >= 11 is 0. The Kier molecular flexibility index (Phi) is 5.83. The Morgan fingerprint density at radius 1 is 1.23 bits per heavy atom. The number of non-ortho nitro benzene ring substituents is 1.